The monoisotopic (exact) mass is 313 g/mol. The molecule has 0 N–H and O–H groups in total. The Bertz CT molecular complexity index is 719. The molecule has 3 rings (SSSR count). The van der Waals surface area contributed by atoms with Crippen LogP contribution in [0.1, 0.15) is 30.1 Å². The molecule has 0 atom stereocenters. The summed E-state index contributed by atoms with van der Waals surface area (Å²) in [6, 6.07) is 5.43. The number of amides is 1. The second-order valence-corrected chi connectivity index (χ2v) is 5.55. The Labute approximate surface area is 134 Å². The lowest BCUT2D eigenvalue weighted by Gasteiger charge is -2.31. The van der Waals surface area contributed by atoms with Crippen LogP contribution < -0.4 is 0 Å². The second-order valence-electron chi connectivity index (χ2n) is 5.55. The van der Waals surface area contributed by atoms with E-state index in [2.05, 4.69) is 9.97 Å². The number of para-hydroxylation sites is 1. The Morgan fingerprint density at radius 3 is 2.70 bits per heavy atom. The first-order chi connectivity index (χ1) is 11.2. The molecule has 1 fully saturated rings. The van der Waals surface area contributed by atoms with Gasteiger partial charge in [-0.15, -0.1) is 0 Å². The predicted octanol–water partition coefficient (Wildman–Crippen LogP) is 2.05. The number of aromatic nitrogens is 2. The Hall–Kier alpha value is -2.50. The van der Waals surface area contributed by atoms with Crippen LogP contribution in [-0.4, -0.2) is 46.4 Å². The predicted molar refractivity (Wildman–Crippen MR) is 84.8 cm³/mol. The first-order valence-electron chi connectivity index (χ1n) is 7.86. The van der Waals surface area contributed by atoms with Gasteiger partial charge in [-0.25, -0.2) is 0 Å². The molecular weight excluding hydrogens is 294 g/mol. The minimum atomic E-state index is -0.157. The maximum atomic E-state index is 12.8. The van der Waals surface area contributed by atoms with E-state index in [-0.39, 0.29) is 17.8 Å². The van der Waals surface area contributed by atoms with Gasteiger partial charge in [0.1, 0.15) is 5.52 Å². The highest BCUT2D eigenvalue weighted by molar-refractivity contribution is 6.04. The molecule has 0 bridgehead atoms. The quantitative estimate of drug-likeness (QED) is 0.811. The maximum absolute atomic E-state index is 12.8. The van der Waals surface area contributed by atoms with Gasteiger partial charge in [-0.3, -0.25) is 19.6 Å². The summed E-state index contributed by atoms with van der Waals surface area (Å²) in [7, 11) is 0. The van der Waals surface area contributed by atoms with Gasteiger partial charge in [-0.05, 0) is 31.9 Å². The molecule has 1 aromatic carbocycles. The van der Waals surface area contributed by atoms with Crippen molar-refractivity contribution < 1.29 is 14.3 Å². The van der Waals surface area contributed by atoms with Crippen LogP contribution in [-0.2, 0) is 9.53 Å². The maximum Gasteiger partial charge on any atom is 0.309 e. The van der Waals surface area contributed by atoms with Gasteiger partial charge in [0, 0.05) is 25.5 Å². The lowest BCUT2D eigenvalue weighted by Crippen LogP contribution is -2.40. The Morgan fingerprint density at radius 1 is 1.22 bits per heavy atom. The summed E-state index contributed by atoms with van der Waals surface area (Å²) < 4.78 is 5.06. The van der Waals surface area contributed by atoms with Crippen molar-refractivity contribution in [3.05, 3.63) is 36.2 Å². The SMILES string of the molecule is CCOC(=O)C1CCN(C(=O)c2cccc3nccnc23)CC1. The van der Waals surface area contributed by atoms with E-state index in [0.29, 0.717) is 49.1 Å². The molecule has 1 aliphatic rings. The van der Waals surface area contributed by atoms with Crippen molar-refractivity contribution in [2.24, 2.45) is 5.92 Å². The molecule has 0 radical (unpaired) electrons. The Morgan fingerprint density at radius 2 is 1.96 bits per heavy atom. The highest BCUT2D eigenvalue weighted by Crippen LogP contribution is 2.22. The van der Waals surface area contributed by atoms with Crippen LogP contribution in [0, 0.1) is 5.92 Å². The molecule has 6 heteroatoms. The Kier molecular flexibility index (Phi) is 4.50. The van der Waals surface area contributed by atoms with E-state index in [9.17, 15) is 9.59 Å². The van der Waals surface area contributed by atoms with Crippen LogP contribution in [0.5, 0.6) is 0 Å². The molecule has 1 aliphatic heterocycles. The lowest BCUT2D eigenvalue weighted by molar-refractivity contribution is -0.149. The van der Waals surface area contributed by atoms with E-state index in [1.807, 2.05) is 12.1 Å². The standard InChI is InChI=1S/C17H19N3O3/c1-2-23-17(22)12-6-10-20(11-7-12)16(21)13-4-3-5-14-15(13)19-9-8-18-14/h3-5,8-9,12H,2,6-7,10-11H2,1H3. The second kappa shape index (κ2) is 6.73. The van der Waals surface area contributed by atoms with Gasteiger partial charge in [0.2, 0.25) is 0 Å². The number of rotatable bonds is 3. The number of hydrogen-bond acceptors (Lipinski definition) is 5. The first kappa shape index (κ1) is 15.4. The molecular formula is C17H19N3O3. The fourth-order valence-electron chi connectivity index (χ4n) is 2.91. The largest absolute Gasteiger partial charge is 0.466 e. The van der Waals surface area contributed by atoms with Crippen molar-refractivity contribution >= 4 is 22.9 Å². The molecule has 0 unspecified atom stereocenters. The van der Waals surface area contributed by atoms with Crippen LogP contribution in [0.4, 0.5) is 0 Å². The molecule has 0 saturated carbocycles. The smallest absolute Gasteiger partial charge is 0.309 e. The summed E-state index contributed by atoms with van der Waals surface area (Å²) in [5.41, 5.74) is 1.89. The normalized spacial score (nSPS) is 15.6. The molecule has 1 saturated heterocycles. The average Bonchev–Trinajstić information content (AvgIpc) is 2.61. The van der Waals surface area contributed by atoms with Gasteiger partial charge in [0.15, 0.2) is 0 Å². The highest BCUT2D eigenvalue weighted by atomic mass is 16.5. The number of benzene rings is 1. The third-order valence-corrected chi connectivity index (χ3v) is 4.13. The molecule has 23 heavy (non-hydrogen) atoms. The minimum Gasteiger partial charge on any atom is -0.466 e. The molecule has 0 spiro atoms. The van der Waals surface area contributed by atoms with Gasteiger partial charge in [-0.1, -0.05) is 6.07 Å². The number of esters is 1. The van der Waals surface area contributed by atoms with E-state index in [4.69, 9.17) is 4.74 Å². The molecule has 1 amide bonds. The van der Waals surface area contributed by atoms with Crippen LogP contribution >= 0.6 is 0 Å². The summed E-state index contributed by atoms with van der Waals surface area (Å²) in [4.78, 5) is 34.8. The van der Waals surface area contributed by atoms with E-state index < -0.39 is 0 Å². The molecule has 6 nitrogen and oxygen atoms in total. The van der Waals surface area contributed by atoms with Crippen molar-refractivity contribution in [1.29, 1.82) is 0 Å². The van der Waals surface area contributed by atoms with Gasteiger partial charge < -0.3 is 9.64 Å². The van der Waals surface area contributed by atoms with Crippen molar-refractivity contribution in [2.45, 2.75) is 19.8 Å². The topological polar surface area (TPSA) is 72.4 Å². The van der Waals surface area contributed by atoms with Gasteiger partial charge in [0.25, 0.3) is 5.91 Å². The fourth-order valence-corrected chi connectivity index (χ4v) is 2.91. The zero-order valence-electron chi connectivity index (χ0n) is 13.1. The van der Waals surface area contributed by atoms with Crippen molar-refractivity contribution in [2.75, 3.05) is 19.7 Å². The van der Waals surface area contributed by atoms with Crippen LogP contribution in [0.3, 0.4) is 0 Å². The third kappa shape index (κ3) is 3.16. The number of fused-ring (bicyclic) bond motifs is 1. The van der Waals surface area contributed by atoms with E-state index in [1.54, 1.807) is 30.3 Å². The van der Waals surface area contributed by atoms with Crippen LogP contribution in [0.15, 0.2) is 30.6 Å². The summed E-state index contributed by atoms with van der Waals surface area (Å²) in [6.07, 6.45) is 4.48. The number of nitrogens with zero attached hydrogens (tertiary/aromatic N) is 3. The Balaban J connectivity index is 1.73. The van der Waals surface area contributed by atoms with E-state index in [1.165, 1.54) is 0 Å². The van der Waals surface area contributed by atoms with Crippen LogP contribution in [0.2, 0.25) is 0 Å². The van der Waals surface area contributed by atoms with Crippen molar-refractivity contribution in [3.8, 4) is 0 Å². The minimum absolute atomic E-state index is 0.0570. The van der Waals surface area contributed by atoms with Gasteiger partial charge in [0.05, 0.1) is 23.6 Å². The van der Waals surface area contributed by atoms with Gasteiger partial charge >= 0.3 is 5.97 Å². The summed E-state index contributed by atoms with van der Waals surface area (Å²) >= 11 is 0. The molecule has 2 heterocycles. The number of piperidine rings is 1. The van der Waals surface area contributed by atoms with Crippen LogP contribution in [0.25, 0.3) is 11.0 Å². The zero-order valence-corrected chi connectivity index (χ0v) is 13.1. The zero-order chi connectivity index (χ0) is 16.2. The molecule has 0 aliphatic carbocycles. The summed E-state index contributed by atoms with van der Waals surface area (Å²) in [5.74, 6) is -0.319. The van der Waals surface area contributed by atoms with E-state index >= 15 is 0 Å². The molecule has 2 aromatic rings. The summed E-state index contributed by atoms with van der Waals surface area (Å²) in [5, 5.41) is 0. The summed E-state index contributed by atoms with van der Waals surface area (Å²) in [6.45, 7) is 3.31. The lowest BCUT2D eigenvalue weighted by atomic mass is 9.96. The average molecular weight is 313 g/mol. The number of carbonyl (C=O) groups excluding carboxylic acids is 2. The van der Waals surface area contributed by atoms with E-state index in [0.717, 1.165) is 0 Å². The fraction of sp³-hybridized carbons (Fsp3) is 0.412. The van der Waals surface area contributed by atoms with Crippen molar-refractivity contribution in [1.82, 2.24) is 14.9 Å². The number of hydrogen-bond donors (Lipinski definition) is 0. The number of likely N-dealkylation sites (tertiary alicyclic amines) is 1. The van der Waals surface area contributed by atoms with Crippen molar-refractivity contribution in [3.63, 3.8) is 0 Å². The number of carbonyl (C=O) groups is 2. The van der Waals surface area contributed by atoms with Gasteiger partial charge in [-0.2, -0.15) is 0 Å². The highest BCUT2D eigenvalue weighted by Gasteiger charge is 2.29. The first-order valence-corrected chi connectivity index (χ1v) is 7.86. The number of ether oxygens (including phenoxy) is 1. The third-order valence-electron chi connectivity index (χ3n) is 4.13. The molecule has 1 aromatic heterocycles. The molecule has 120 valence electrons.